The van der Waals surface area contributed by atoms with Crippen molar-refractivity contribution in [2.45, 2.75) is 44.7 Å². The summed E-state index contributed by atoms with van der Waals surface area (Å²) in [6, 6.07) is 0.199. The van der Waals surface area contributed by atoms with Gasteiger partial charge in [-0.3, -0.25) is 9.48 Å². The second kappa shape index (κ2) is 9.28. The molecule has 2 rings (SSSR count). The highest BCUT2D eigenvalue weighted by molar-refractivity contribution is 5.85. The zero-order valence-corrected chi connectivity index (χ0v) is 14.3. The third kappa shape index (κ3) is 5.85. The number of aryl methyl sites for hydroxylation is 1. The Morgan fingerprint density at radius 1 is 1.43 bits per heavy atom. The number of nitrogens with two attached hydrogens (primary N) is 1. The van der Waals surface area contributed by atoms with E-state index in [0.717, 1.165) is 18.4 Å². The first kappa shape index (κ1) is 20.2. The molecule has 2 atom stereocenters. The first-order valence-corrected chi connectivity index (χ1v) is 7.03. The van der Waals surface area contributed by atoms with Crippen LogP contribution in [-0.2, 0) is 18.4 Å². The molecule has 1 aliphatic rings. The summed E-state index contributed by atoms with van der Waals surface area (Å²) in [7, 11) is 3.73. The van der Waals surface area contributed by atoms with Gasteiger partial charge in [-0.15, -0.1) is 24.8 Å². The lowest BCUT2D eigenvalue weighted by molar-refractivity contribution is -0.131. The molecule has 1 aliphatic carbocycles. The number of amides is 1. The molecule has 0 radical (unpaired) electrons. The number of hydrogen-bond acceptors (Lipinski definition) is 3. The SMILES string of the molecule is CN(Cc1cnn(C)c1)C(=O)CC1CCCCC1N.Cl.Cl. The Morgan fingerprint density at radius 3 is 2.67 bits per heavy atom. The molecular weight excluding hydrogens is 311 g/mol. The van der Waals surface area contributed by atoms with E-state index in [1.54, 1.807) is 15.8 Å². The van der Waals surface area contributed by atoms with Crippen LogP contribution in [0, 0.1) is 5.92 Å². The predicted molar refractivity (Wildman–Crippen MR) is 88.7 cm³/mol. The van der Waals surface area contributed by atoms with Gasteiger partial charge in [-0.25, -0.2) is 0 Å². The maximum Gasteiger partial charge on any atom is 0.222 e. The Morgan fingerprint density at radius 2 is 2.10 bits per heavy atom. The van der Waals surface area contributed by atoms with Crippen molar-refractivity contribution in [3.05, 3.63) is 18.0 Å². The first-order valence-electron chi connectivity index (χ1n) is 7.03. The number of carbonyl (C=O) groups excluding carboxylic acids is 1. The molecule has 1 aromatic rings. The lowest BCUT2D eigenvalue weighted by Gasteiger charge is -2.29. The largest absolute Gasteiger partial charge is 0.341 e. The van der Waals surface area contributed by atoms with Gasteiger partial charge in [-0.1, -0.05) is 12.8 Å². The fraction of sp³-hybridized carbons (Fsp3) is 0.714. The fourth-order valence-electron chi connectivity index (χ4n) is 2.79. The molecule has 0 bridgehead atoms. The molecule has 1 aromatic heterocycles. The Balaban J connectivity index is 0.00000200. The summed E-state index contributed by atoms with van der Waals surface area (Å²) in [5.74, 6) is 0.545. The minimum absolute atomic E-state index is 0. The maximum atomic E-state index is 12.2. The number of nitrogens with zero attached hydrogens (tertiary/aromatic N) is 3. The van der Waals surface area contributed by atoms with Crippen molar-refractivity contribution < 1.29 is 4.79 Å². The van der Waals surface area contributed by atoms with Gasteiger partial charge in [-0.05, 0) is 18.8 Å². The van der Waals surface area contributed by atoms with Gasteiger partial charge in [0.05, 0.1) is 6.20 Å². The lowest BCUT2D eigenvalue weighted by Crippen LogP contribution is -2.37. The van der Waals surface area contributed by atoms with Gasteiger partial charge >= 0.3 is 0 Å². The van der Waals surface area contributed by atoms with Gasteiger partial charge in [0.25, 0.3) is 0 Å². The van der Waals surface area contributed by atoms with Crippen molar-refractivity contribution in [2.24, 2.45) is 18.7 Å². The van der Waals surface area contributed by atoms with Crippen LogP contribution in [0.25, 0.3) is 0 Å². The molecule has 0 aromatic carbocycles. The van der Waals surface area contributed by atoms with Crippen molar-refractivity contribution in [1.29, 1.82) is 0 Å². The average molecular weight is 337 g/mol. The van der Waals surface area contributed by atoms with Gasteiger partial charge in [-0.2, -0.15) is 5.10 Å². The van der Waals surface area contributed by atoms with Crippen molar-refractivity contribution in [3.8, 4) is 0 Å². The standard InChI is InChI=1S/C14H24N4O.2ClH/c1-17(9-11-8-16-18(2)10-11)14(19)7-12-5-3-4-6-13(12)15;;/h8,10,12-13H,3-7,9,15H2,1-2H3;2*1H. The summed E-state index contributed by atoms with van der Waals surface area (Å²) in [6.07, 6.45) is 8.89. The molecule has 1 amide bonds. The van der Waals surface area contributed by atoms with Crippen molar-refractivity contribution in [2.75, 3.05) is 7.05 Å². The van der Waals surface area contributed by atoms with Crippen LogP contribution in [0.5, 0.6) is 0 Å². The van der Waals surface area contributed by atoms with Crippen LogP contribution in [0.3, 0.4) is 0 Å². The van der Waals surface area contributed by atoms with Gasteiger partial charge in [0, 0.05) is 44.9 Å². The minimum atomic E-state index is 0. The van der Waals surface area contributed by atoms with Crippen LogP contribution < -0.4 is 5.73 Å². The van der Waals surface area contributed by atoms with Crippen LogP contribution in [0.4, 0.5) is 0 Å². The van der Waals surface area contributed by atoms with E-state index in [1.165, 1.54) is 12.8 Å². The minimum Gasteiger partial charge on any atom is -0.341 e. The highest BCUT2D eigenvalue weighted by Gasteiger charge is 2.25. The van der Waals surface area contributed by atoms with E-state index in [-0.39, 0.29) is 36.8 Å². The number of halogens is 2. The van der Waals surface area contributed by atoms with Gasteiger partial charge in [0.1, 0.15) is 0 Å². The highest BCUT2D eigenvalue weighted by Crippen LogP contribution is 2.26. The molecule has 1 fully saturated rings. The molecule has 7 heteroatoms. The normalized spacial score (nSPS) is 21.1. The number of carbonyl (C=O) groups is 1. The van der Waals surface area contributed by atoms with Crippen molar-refractivity contribution in [1.82, 2.24) is 14.7 Å². The molecule has 0 saturated heterocycles. The molecule has 0 aliphatic heterocycles. The number of rotatable bonds is 4. The summed E-state index contributed by atoms with van der Waals surface area (Å²) in [4.78, 5) is 14.0. The Bertz CT molecular complexity index is 438. The average Bonchev–Trinajstić information content (AvgIpc) is 2.77. The quantitative estimate of drug-likeness (QED) is 0.915. The summed E-state index contributed by atoms with van der Waals surface area (Å²) in [5, 5.41) is 4.12. The Hall–Kier alpha value is -0.780. The maximum absolute atomic E-state index is 12.2. The van der Waals surface area contributed by atoms with E-state index in [4.69, 9.17) is 5.73 Å². The zero-order chi connectivity index (χ0) is 13.8. The summed E-state index contributed by atoms with van der Waals surface area (Å²) in [6.45, 7) is 0.620. The summed E-state index contributed by atoms with van der Waals surface area (Å²) >= 11 is 0. The number of hydrogen-bond donors (Lipinski definition) is 1. The molecule has 2 unspecified atom stereocenters. The molecular formula is C14H26Cl2N4O. The molecule has 21 heavy (non-hydrogen) atoms. The van der Waals surface area contributed by atoms with Gasteiger partial charge in [0.15, 0.2) is 0 Å². The van der Waals surface area contributed by atoms with Crippen molar-refractivity contribution >= 4 is 30.7 Å². The van der Waals surface area contributed by atoms with Crippen LogP contribution in [0.15, 0.2) is 12.4 Å². The first-order chi connectivity index (χ1) is 9.06. The van der Waals surface area contributed by atoms with E-state index < -0.39 is 0 Å². The zero-order valence-electron chi connectivity index (χ0n) is 12.7. The second-order valence-corrected chi connectivity index (χ2v) is 5.68. The molecule has 0 spiro atoms. The topological polar surface area (TPSA) is 64.2 Å². The molecule has 2 N–H and O–H groups in total. The van der Waals surface area contributed by atoms with Crippen LogP contribution in [0.1, 0.15) is 37.7 Å². The summed E-state index contributed by atoms with van der Waals surface area (Å²) in [5.41, 5.74) is 7.16. The smallest absolute Gasteiger partial charge is 0.222 e. The van der Waals surface area contributed by atoms with Crippen LogP contribution in [0.2, 0.25) is 0 Å². The monoisotopic (exact) mass is 336 g/mol. The van der Waals surface area contributed by atoms with Crippen LogP contribution >= 0.6 is 24.8 Å². The third-order valence-corrected chi connectivity index (χ3v) is 4.01. The Labute approximate surface area is 139 Å². The molecule has 122 valence electrons. The highest BCUT2D eigenvalue weighted by atomic mass is 35.5. The number of aromatic nitrogens is 2. The van der Waals surface area contributed by atoms with Gasteiger partial charge < -0.3 is 10.6 Å². The van der Waals surface area contributed by atoms with E-state index in [1.807, 2.05) is 20.3 Å². The molecule has 5 nitrogen and oxygen atoms in total. The third-order valence-electron chi connectivity index (χ3n) is 4.01. The van der Waals surface area contributed by atoms with E-state index >= 15 is 0 Å². The van der Waals surface area contributed by atoms with Gasteiger partial charge in [0.2, 0.25) is 5.91 Å². The van der Waals surface area contributed by atoms with E-state index in [2.05, 4.69) is 5.10 Å². The van der Waals surface area contributed by atoms with Crippen LogP contribution in [-0.4, -0.2) is 33.7 Å². The Kier molecular flexibility index (Phi) is 8.94. The molecule has 1 saturated carbocycles. The molecule has 1 heterocycles. The fourth-order valence-corrected chi connectivity index (χ4v) is 2.79. The van der Waals surface area contributed by atoms with E-state index in [9.17, 15) is 4.79 Å². The predicted octanol–water partition coefficient (Wildman–Crippen LogP) is 2.13. The second-order valence-electron chi connectivity index (χ2n) is 5.68. The summed E-state index contributed by atoms with van der Waals surface area (Å²) < 4.78 is 1.75. The lowest BCUT2D eigenvalue weighted by atomic mass is 9.83. The van der Waals surface area contributed by atoms with Crippen molar-refractivity contribution in [3.63, 3.8) is 0 Å². The van der Waals surface area contributed by atoms with E-state index in [0.29, 0.717) is 18.9 Å².